The number of likely N-dealkylation sites (tertiary alicyclic amines) is 1. The maximum Gasteiger partial charge on any atom is 0.216 e. The fourth-order valence-electron chi connectivity index (χ4n) is 3.20. The SMILES string of the molecule is CCCC1CC(NC2CC2)CN(CCNC(C)=O)C1. The second-order valence-corrected chi connectivity index (χ2v) is 6.27. The van der Waals surface area contributed by atoms with Crippen molar-refractivity contribution in [3.8, 4) is 0 Å². The molecule has 4 nitrogen and oxygen atoms in total. The van der Waals surface area contributed by atoms with Gasteiger partial charge in [0.25, 0.3) is 0 Å². The summed E-state index contributed by atoms with van der Waals surface area (Å²) in [6, 6.07) is 1.46. The van der Waals surface area contributed by atoms with Crippen LogP contribution in [-0.2, 0) is 4.79 Å². The fourth-order valence-corrected chi connectivity index (χ4v) is 3.20. The monoisotopic (exact) mass is 267 g/mol. The summed E-state index contributed by atoms with van der Waals surface area (Å²) in [5.41, 5.74) is 0. The molecule has 2 N–H and O–H groups in total. The lowest BCUT2D eigenvalue weighted by atomic mass is 9.90. The Morgan fingerprint density at radius 2 is 2.05 bits per heavy atom. The Bertz CT molecular complexity index is 291. The first kappa shape index (κ1) is 14.8. The van der Waals surface area contributed by atoms with Crippen LogP contribution in [0.1, 0.15) is 46.0 Å². The zero-order valence-corrected chi connectivity index (χ0v) is 12.5. The van der Waals surface area contributed by atoms with Crippen LogP contribution in [0.5, 0.6) is 0 Å². The first-order valence-corrected chi connectivity index (χ1v) is 7.90. The molecular formula is C15H29N3O. The van der Waals surface area contributed by atoms with Crippen molar-refractivity contribution in [2.75, 3.05) is 26.2 Å². The van der Waals surface area contributed by atoms with Crippen LogP contribution in [0, 0.1) is 5.92 Å². The molecule has 0 aromatic carbocycles. The highest BCUT2D eigenvalue weighted by Crippen LogP contribution is 2.25. The van der Waals surface area contributed by atoms with Gasteiger partial charge in [0.15, 0.2) is 0 Å². The van der Waals surface area contributed by atoms with Gasteiger partial charge in [-0.2, -0.15) is 0 Å². The van der Waals surface area contributed by atoms with Gasteiger partial charge in [-0.05, 0) is 31.6 Å². The second kappa shape index (κ2) is 7.25. The van der Waals surface area contributed by atoms with Gasteiger partial charge in [-0.1, -0.05) is 13.3 Å². The largest absolute Gasteiger partial charge is 0.355 e. The summed E-state index contributed by atoms with van der Waals surface area (Å²) in [5, 5.41) is 6.69. The maximum absolute atomic E-state index is 10.9. The number of rotatable bonds is 7. The number of nitrogens with zero attached hydrogens (tertiary/aromatic N) is 1. The minimum Gasteiger partial charge on any atom is -0.355 e. The summed E-state index contributed by atoms with van der Waals surface area (Å²) in [6.07, 6.45) is 6.67. The van der Waals surface area contributed by atoms with E-state index in [-0.39, 0.29) is 5.91 Å². The molecule has 2 unspecified atom stereocenters. The van der Waals surface area contributed by atoms with Gasteiger partial charge in [0.1, 0.15) is 0 Å². The molecule has 0 bridgehead atoms. The number of carbonyl (C=O) groups is 1. The molecule has 2 rings (SSSR count). The molecular weight excluding hydrogens is 238 g/mol. The topological polar surface area (TPSA) is 44.4 Å². The van der Waals surface area contributed by atoms with Crippen molar-refractivity contribution >= 4 is 5.91 Å². The highest BCUT2D eigenvalue weighted by Gasteiger charge is 2.30. The van der Waals surface area contributed by atoms with Crippen molar-refractivity contribution in [2.24, 2.45) is 5.92 Å². The first-order valence-electron chi connectivity index (χ1n) is 7.90. The molecule has 2 fully saturated rings. The molecule has 1 amide bonds. The molecule has 4 heteroatoms. The molecule has 0 radical (unpaired) electrons. The number of carbonyl (C=O) groups excluding carboxylic acids is 1. The zero-order chi connectivity index (χ0) is 13.7. The molecule has 19 heavy (non-hydrogen) atoms. The van der Waals surface area contributed by atoms with Crippen molar-refractivity contribution in [2.45, 2.75) is 58.0 Å². The van der Waals surface area contributed by atoms with Gasteiger partial charge in [0.05, 0.1) is 0 Å². The first-order chi connectivity index (χ1) is 9.17. The third-order valence-electron chi connectivity index (χ3n) is 4.16. The van der Waals surface area contributed by atoms with Crippen LogP contribution in [-0.4, -0.2) is 49.1 Å². The van der Waals surface area contributed by atoms with Crippen molar-refractivity contribution < 1.29 is 4.79 Å². The van der Waals surface area contributed by atoms with Crippen LogP contribution in [0.15, 0.2) is 0 Å². The van der Waals surface area contributed by atoms with E-state index in [4.69, 9.17) is 0 Å². The Labute approximate surface area is 117 Å². The van der Waals surface area contributed by atoms with Crippen LogP contribution in [0.3, 0.4) is 0 Å². The van der Waals surface area contributed by atoms with E-state index >= 15 is 0 Å². The van der Waals surface area contributed by atoms with E-state index in [0.29, 0.717) is 6.04 Å². The molecule has 110 valence electrons. The van der Waals surface area contributed by atoms with E-state index in [1.165, 1.54) is 38.6 Å². The van der Waals surface area contributed by atoms with Crippen molar-refractivity contribution in [1.29, 1.82) is 0 Å². The summed E-state index contributed by atoms with van der Waals surface area (Å²) in [6.45, 7) is 7.99. The lowest BCUT2D eigenvalue weighted by Crippen LogP contribution is -2.51. The van der Waals surface area contributed by atoms with Gasteiger partial charge < -0.3 is 10.6 Å². The lowest BCUT2D eigenvalue weighted by molar-refractivity contribution is -0.119. The molecule has 2 aliphatic rings. The number of nitrogens with one attached hydrogen (secondary N) is 2. The molecule has 0 aromatic rings. The molecule has 1 heterocycles. The van der Waals surface area contributed by atoms with Gasteiger partial charge in [-0.15, -0.1) is 0 Å². The average Bonchev–Trinajstić information content (AvgIpc) is 3.12. The van der Waals surface area contributed by atoms with E-state index in [1.54, 1.807) is 6.92 Å². The predicted molar refractivity (Wildman–Crippen MR) is 78.1 cm³/mol. The summed E-state index contributed by atoms with van der Waals surface area (Å²) in [4.78, 5) is 13.5. The Hall–Kier alpha value is -0.610. The quantitative estimate of drug-likeness (QED) is 0.732. The van der Waals surface area contributed by atoms with Crippen LogP contribution in [0.2, 0.25) is 0 Å². The predicted octanol–water partition coefficient (Wildman–Crippen LogP) is 1.37. The molecule has 1 saturated carbocycles. The van der Waals surface area contributed by atoms with Gasteiger partial charge in [-0.25, -0.2) is 0 Å². The maximum atomic E-state index is 10.9. The van der Waals surface area contributed by atoms with Crippen LogP contribution >= 0.6 is 0 Å². The average molecular weight is 267 g/mol. The van der Waals surface area contributed by atoms with E-state index in [9.17, 15) is 4.79 Å². The van der Waals surface area contributed by atoms with Crippen LogP contribution < -0.4 is 10.6 Å². The summed E-state index contributed by atoms with van der Waals surface area (Å²) >= 11 is 0. The summed E-state index contributed by atoms with van der Waals surface area (Å²) < 4.78 is 0. The molecule has 1 aliphatic heterocycles. The summed E-state index contributed by atoms with van der Waals surface area (Å²) in [7, 11) is 0. The Morgan fingerprint density at radius 3 is 2.68 bits per heavy atom. The molecule has 2 atom stereocenters. The molecule has 1 aliphatic carbocycles. The van der Waals surface area contributed by atoms with Gasteiger partial charge >= 0.3 is 0 Å². The van der Waals surface area contributed by atoms with E-state index in [2.05, 4.69) is 22.5 Å². The lowest BCUT2D eigenvalue weighted by Gasteiger charge is -2.38. The van der Waals surface area contributed by atoms with Crippen molar-refractivity contribution in [1.82, 2.24) is 15.5 Å². The Balaban J connectivity index is 1.76. The zero-order valence-electron chi connectivity index (χ0n) is 12.5. The van der Waals surface area contributed by atoms with Gasteiger partial charge in [-0.3, -0.25) is 9.69 Å². The van der Waals surface area contributed by atoms with Gasteiger partial charge in [0.2, 0.25) is 5.91 Å². The number of piperidine rings is 1. The Morgan fingerprint density at radius 1 is 1.26 bits per heavy atom. The van der Waals surface area contributed by atoms with E-state index < -0.39 is 0 Å². The van der Waals surface area contributed by atoms with Crippen molar-refractivity contribution in [3.63, 3.8) is 0 Å². The van der Waals surface area contributed by atoms with Crippen molar-refractivity contribution in [3.05, 3.63) is 0 Å². The minimum absolute atomic E-state index is 0.0785. The molecule has 0 spiro atoms. The van der Waals surface area contributed by atoms with Gasteiger partial charge in [0, 0.05) is 45.2 Å². The third-order valence-corrected chi connectivity index (χ3v) is 4.16. The molecule has 0 aromatic heterocycles. The number of amides is 1. The second-order valence-electron chi connectivity index (χ2n) is 6.27. The molecule has 1 saturated heterocycles. The number of hydrogen-bond acceptors (Lipinski definition) is 3. The Kier molecular flexibility index (Phi) is 5.64. The van der Waals surface area contributed by atoms with Crippen LogP contribution in [0.25, 0.3) is 0 Å². The number of hydrogen-bond donors (Lipinski definition) is 2. The standard InChI is InChI=1S/C15H29N3O/c1-3-4-13-9-15(17-14-5-6-14)11-18(10-13)8-7-16-12(2)19/h13-15,17H,3-11H2,1-2H3,(H,16,19). The highest BCUT2D eigenvalue weighted by atomic mass is 16.1. The third kappa shape index (κ3) is 5.49. The van der Waals surface area contributed by atoms with E-state index in [1.807, 2.05) is 0 Å². The highest BCUT2D eigenvalue weighted by molar-refractivity contribution is 5.72. The normalized spacial score (nSPS) is 28.3. The smallest absolute Gasteiger partial charge is 0.216 e. The van der Waals surface area contributed by atoms with E-state index in [0.717, 1.165) is 31.6 Å². The summed E-state index contributed by atoms with van der Waals surface area (Å²) in [5.74, 6) is 0.905. The fraction of sp³-hybridized carbons (Fsp3) is 0.933. The minimum atomic E-state index is 0.0785. The van der Waals surface area contributed by atoms with Crippen LogP contribution in [0.4, 0.5) is 0 Å².